The van der Waals surface area contributed by atoms with Crippen LogP contribution in [0.3, 0.4) is 0 Å². The highest BCUT2D eigenvalue weighted by Gasteiger charge is 2.34. The van der Waals surface area contributed by atoms with Gasteiger partial charge in [-0.25, -0.2) is 0 Å². The van der Waals surface area contributed by atoms with Crippen LogP contribution in [0.25, 0.3) is 0 Å². The second-order valence-corrected chi connectivity index (χ2v) is 3.52. The first kappa shape index (κ1) is 11.1. The number of carbonyl (C=O) groups excluding carboxylic acids is 1. The molecule has 0 unspecified atom stereocenters. The van der Waals surface area contributed by atoms with Crippen molar-refractivity contribution in [1.29, 1.82) is 0 Å². The second kappa shape index (κ2) is 5.09. The smallest absolute Gasteiger partial charge is 0.318 e. The summed E-state index contributed by atoms with van der Waals surface area (Å²) in [6, 6.07) is 9.38. The molecular weight excluding hydrogens is 208 g/mol. The summed E-state index contributed by atoms with van der Waals surface area (Å²) in [4.78, 5) is 11.7. The lowest BCUT2D eigenvalue weighted by molar-refractivity contribution is -0.153. The normalized spacial score (nSPS) is 18.3. The Hall–Kier alpha value is -1.39. The first-order chi connectivity index (χ1) is 7.83. The lowest BCUT2D eigenvalue weighted by Gasteiger charge is -2.20. The molecular formula is C12H14O4. The fourth-order valence-electron chi connectivity index (χ4n) is 1.76. The summed E-state index contributed by atoms with van der Waals surface area (Å²) in [7, 11) is 1.37. The van der Waals surface area contributed by atoms with Gasteiger partial charge in [0.2, 0.25) is 0 Å². The van der Waals surface area contributed by atoms with Crippen LogP contribution >= 0.6 is 0 Å². The first-order valence-electron chi connectivity index (χ1n) is 5.19. The Balaban J connectivity index is 2.24. The quantitative estimate of drug-likeness (QED) is 0.723. The Morgan fingerprint density at radius 2 is 1.94 bits per heavy atom. The molecule has 1 aromatic carbocycles. The summed E-state index contributed by atoms with van der Waals surface area (Å²) in [5.74, 6) is -0.841. The largest absolute Gasteiger partial charge is 0.468 e. The Labute approximate surface area is 94.1 Å². The molecule has 0 N–H and O–H groups in total. The van der Waals surface area contributed by atoms with Gasteiger partial charge in [-0.3, -0.25) is 4.79 Å². The van der Waals surface area contributed by atoms with Crippen LogP contribution in [0.5, 0.6) is 0 Å². The molecule has 1 aromatic rings. The fraction of sp³-hybridized carbons (Fsp3) is 0.417. The average Bonchev–Trinajstić information content (AvgIpc) is 2.84. The van der Waals surface area contributed by atoms with Gasteiger partial charge < -0.3 is 14.2 Å². The van der Waals surface area contributed by atoms with Gasteiger partial charge >= 0.3 is 5.97 Å². The Bertz CT molecular complexity index is 343. The zero-order valence-corrected chi connectivity index (χ0v) is 9.09. The van der Waals surface area contributed by atoms with Crippen molar-refractivity contribution in [3.8, 4) is 0 Å². The van der Waals surface area contributed by atoms with Gasteiger partial charge in [-0.05, 0) is 5.56 Å². The lowest BCUT2D eigenvalue weighted by Crippen LogP contribution is -2.28. The molecule has 1 saturated heterocycles. The third kappa shape index (κ3) is 2.23. The van der Waals surface area contributed by atoms with Crippen molar-refractivity contribution in [2.24, 2.45) is 0 Å². The van der Waals surface area contributed by atoms with Gasteiger partial charge in [-0.15, -0.1) is 0 Å². The van der Waals surface area contributed by atoms with Crippen LogP contribution in [-0.2, 0) is 19.0 Å². The molecule has 0 aromatic heterocycles. The molecule has 1 heterocycles. The summed E-state index contributed by atoms with van der Waals surface area (Å²) >= 11 is 0. The maximum atomic E-state index is 11.7. The number of hydrogen-bond acceptors (Lipinski definition) is 4. The predicted molar refractivity (Wildman–Crippen MR) is 56.9 cm³/mol. The van der Waals surface area contributed by atoms with Crippen LogP contribution in [0.15, 0.2) is 30.3 Å². The lowest BCUT2D eigenvalue weighted by atomic mass is 9.99. The van der Waals surface area contributed by atoms with E-state index in [-0.39, 0.29) is 5.97 Å². The summed E-state index contributed by atoms with van der Waals surface area (Å²) in [6.07, 6.45) is -0.533. The van der Waals surface area contributed by atoms with Gasteiger partial charge in [0, 0.05) is 0 Å². The topological polar surface area (TPSA) is 44.8 Å². The number of ether oxygens (including phenoxy) is 3. The minimum atomic E-state index is -0.533. The third-order valence-corrected chi connectivity index (χ3v) is 2.53. The van der Waals surface area contributed by atoms with Crippen LogP contribution in [0.2, 0.25) is 0 Å². The van der Waals surface area contributed by atoms with E-state index in [2.05, 4.69) is 0 Å². The summed E-state index contributed by atoms with van der Waals surface area (Å²) in [5, 5.41) is 0. The monoisotopic (exact) mass is 222 g/mol. The van der Waals surface area contributed by atoms with E-state index in [1.165, 1.54) is 7.11 Å². The minimum absolute atomic E-state index is 0.335. The number of hydrogen-bond donors (Lipinski definition) is 0. The van der Waals surface area contributed by atoms with Gasteiger partial charge in [0.1, 0.15) is 5.92 Å². The maximum Gasteiger partial charge on any atom is 0.318 e. The molecule has 2 rings (SSSR count). The van der Waals surface area contributed by atoms with Gasteiger partial charge in [-0.2, -0.15) is 0 Å². The molecule has 1 atom stereocenters. The Morgan fingerprint density at radius 1 is 1.31 bits per heavy atom. The van der Waals surface area contributed by atoms with Crippen molar-refractivity contribution in [3.05, 3.63) is 35.9 Å². The molecule has 4 nitrogen and oxygen atoms in total. The molecule has 0 spiro atoms. The maximum absolute atomic E-state index is 11.7. The van der Waals surface area contributed by atoms with E-state index in [0.29, 0.717) is 13.2 Å². The second-order valence-electron chi connectivity index (χ2n) is 3.52. The Kier molecular flexibility index (Phi) is 3.54. The SMILES string of the molecule is COC(=O)[C@H](c1ccccc1)C1OCCO1. The highest BCUT2D eigenvalue weighted by Crippen LogP contribution is 2.26. The van der Waals surface area contributed by atoms with Crippen molar-refractivity contribution in [2.45, 2.75) is 12.2 Å². The number of carbonyl (C=O) groups is 1. The van der Waals surface area contributed by atoms with E-state index in [1.807, 2.05) is 30.3 Å². The van der Waals surface area contributed by atoms with Crippen molar-refractivity contribution in [3.63, 3.8) is 0 Å². The number of rotatable bonds is 3. The van der Waals surface area contributed by atoms with Crippen LogP contribution < -0.4 is 0 Å². The van der Waals surface area contributed by atoms with Crippen molar-refractivity contribution in [1.82, 2.24) is 0 Å². The van der Waals surface area contributed by atoms with Gasteiger partial charge in [0.25, 0.3) is 0 Å². The van der Waals surface area contributed by atoms with Gasteiger partial charge in [0.05, 0.1) is 20.3 Å². The molecule has 1 aliphatic heterocycles. The van der Waals surface area contributed by atoms with Gasteiger partial charge in [0.15, 0.2) is 6.29 Å². The van der Waals surface area contributed by atoms with Crippen LogP contribution in [-0.4, -0.2) is 32.6 Å². The predicted octanol–water partition coefficient (Wildman–Crippen LogP) is 1.32. The third-order valence-electron chi connectivity index (χ3n) is 2.53. The summed E-state index contributed by atoms with van der Waals surface area (Å²) < 4.78 is 15.5. The highest BCUT2D eigenvalue weighted by atomic mass is 16.7. The zero-order chi connectivity index (χ0) is 11.4. The van der Waals surface area contributed by atoms with E-state index < -0.39 is 12.2 Å². The van der Waals surface area contributed by atoms with Crippen molar-refractivity contribution >= 4 is 5.97 Å². The molecule has 0 bridgehead atoms. The van der Waals surface area contributed by atoms with Crippen LogP contribution in [0.1, 0.15) is 11.5 Å². The molecule has 1 aliphatic rings. The van der Waals surface area contributed by atoms with Crippen molar-refractivity contribution in [2.75, 3.05) is 20.3 Å². The average molecular weight is 222 g/mol. The molecule has 16 heavy (non-hydrogen) atoms. The number of methoxy groups -OCH3 is 1. The standard InChI is InChI=1S/C12H14O4/c1-14-11(13)10(12-15-7-8-16-12)9-5-3-2-4-6-9/h2-6,10,12H,7-8H2,1H3/t10-/m0/s1. The minimum Gasteiger partial charge on any atom is -0.468 e. The number of benzene rings is 1. The van der Waals surface area contributed by atoms with Crippen molar-refractivity contribution < 1.29 is 19.0 Å². The highest BCUT2D eigenvalue weighted by molar-refractivity contribution is 5.78. The van der Waals surface area contributed by atoms with Gasteiger partial charge in [-0.1, -0.05) is 30.3 Å². The fourth-order valence-corrected chi connectivity index (χ4v) is 1.76. The molecule has 0 amide bonds. The van der Waals surface area contributed by atoms with E-state index in [4.69, 9.17) is 14.2 Å². The zero-order valence-electron chi connectivity index (χ0n) is 9.09. The molecule has 86 valence electrons. The molecule has 4 heteroatoms. The summed E-state index contributed by atoms with van der Waals surface area (Å²) in [6.45, 7) is 1.04. The first-order valence-corrected chi connectivity index (χ1v) is 5.19. The van der Waals surface area contributed by atoms with E-state index in [1.54, 1.807) is 0 Å². The molecule has 0 radical (unpaired) electrons. The number of esters is 1. The van der Waals surface area contributed by atoms with E-state index in [0.717, 1.165) is 5.56 Å². The molecule has 1 fully saturated rings. The summed E-state index contributed by atoms with van der Waals surface area (Å²) in [5.41, 5.74) is 0.848. The van der Waals surface area contributed by atoms with E-state index >= 15 is 0 Å². The van der Waals surface area contributed by atoms with Crippen LogP contribution in [0, 0.1) is 0 Å². The molecule has 0 saturated carbocycles. The Morgan fingerprint density at radius 3 is 2.50 bits per heavy atom. The molecule has 0 aliphatic carbocycles. The van der Waals surface area contributed by atoms with Crippen LogP contribution in [0.4, 0.5) is 0 Å². The van der Waals surface area contributed by atoms with E-state index in [9.17, 15) is 4.79 Å².